The van der Waals surface area contributed by atoms with Gasteiger partial charge in [-0.3, -0.25) is 9.59 Å². The third kappa shape index (κ3) is 2.61. The summed E-state index contributed by atoms with van der Waals surface area (Å²) in [4.78, 5) is 28.5. The number of nitrogens with zero attached hydrogens (tertiary/aromatic N) is 1. The van der Waals surface area contributed by atoms with Crippen LogP contribution in [0.4, 0.5) is 5.69 Å². The van der Waals surface area contributed by atoms with Gasteiger partial charge in [0.2, 0.25) is 11.6 Å². The monoisotopic (exact) mass is 387 g/mol. The highest BCUT2D eigenvalue weighted by molar-refractivity contribution is 6.23. The van der Waals surface area contributed by atoms with Gasteiger partial charge in [0.05, 0.1) is 24.1 Å². The van der Waals surface area contributed by atoms with Crippen molar-refractivity contribution in [3.05, 3.63) is 95.1 Å². The third-order valence-electron chi connectivity index (χ3n) is 5.41. The lowest BCUT2D eigenvalue weighted by Crippen LogP contribution is -2.44. The first-order valence-corrected chi connectivity index (χ1v) is 9.27. The number of ether oxygens (including phenoxy) is 1. The number of hydrogen-bond acceptors (Lipinski definition) is 6. The Morgan fingerprint density at radius 3 is 2.52 bits per heavy atom. The fourth-order valence-electron chi connectivity index (χ4n) is 4.02. The van der Waals surface area contributed by atoms with E-state index in [1.165, 1.54) is 12.2 Å². The number of aliphatic hydroxyl groups is 2. The molecule has 1 heterocycles. The topological polar surface area (TPSA) is 87.1 Å². The number of fused-ring (bicyclic) bond motifs is 2. The molecule has 144 valence electrons. The summed E-state index contributed by atoms with van der Waals surface area (Å²) in [6, 6.07) is 16.5. The fraction of sp³-hybridized carbons (Fsp3) is 0.130. The zero-order chi connectivity index (χ0) is 20.1. The summed E-state index contributed by atoms with van der Waals surface area (Å²) in [6.45, 7) is 0.315. The third-order valence-corrected chi connectivity index (χ3v) is 5.41. The van der Waals surface area contributed by atoms with Gasteiger partial charge in [-0.2, -0.15) is 0 Å². The van der Waals surface area contributed by atoms with Gasteiger partial charge in [-0.1, -0.05) is 42.5 Å². The van der Waals surface area contributed by atoms with Crippen molar-refractivity contribution in [3.8, 4) is 5.75 Å². The molecule has 2 unspecified atom stereocenters. The molecule has 0 aromatic heterocycles. The van der Waals surface area contributed by atoms with Gasteiger partial charge in [0.25, 0.3) is 0 Å². The lowest BCUT2D eigenvalue weighted by atomic mass is 9.76. The van der Waals surface area contributed by atoms with E-state index < -0.39 is 23.6 Å². The Labute approximate surface area is 166 Å². The van der Waals surface area contributed by atoms with Crippen molar-refractivity contribution >= 4 is 17.3 Å². The Balaban J connectivity index is 1.77. The van der Waals surface area contributed by atoms with Crippen LogP contribution < -0.4 is 9.64 Å². The largest absolute Gasteiger partial charge is 0.508 e. The molecular formula is C23H17NO5. The predicted octanol–water partition coefficient (Wildman–Crippen LogP) is 2.81. The molecule has 3 aliphatic rings. The number of ketones is 2. The number of hydrogen-bond donors (Lipinski definition) is 2. The Bertz CT molecular complexity index is 1130. The minimum Gasteiger partial charge on any atom is -0.508 e. The highest BCUT2D eigenvalue weighted by Crippen LogP contribution is 2.41. The lowest BCUT2D eigenvalue weighted by molar-refractivity contribution is -0.127. The maximum absolute atomic E-state index is 13.5. The SMILES string of the molecule is O=C1C2=C(O)C=CC(O)C2C(=O)C2=C1N(c1ccccc1)Cc1ccccc1O2. The first kappa shape index (κ1) is 17.5. The van der Waals surface area contributed by atoms with Crippen LogP contribution >= 0.6 is 0 Å². The summed E-state index contributed by atoms with van der Waals surface area (Å²) in [5, 5.41) is 20.7. The van der Waals surface area contributed by atoms with E-state index in [-0.39, 0.29) is 22.8 Å². The molecule has 2 aliphatic carbocycles. The number of rotatable bonds is 1. The summed E-state index contributed by atoms with van der Waals surface area (Å²) in [6.07, 6.45) is 1.35. The van der Waals surface area contributed by atoms with E-state index in [0.29, 0.717) is 18.0 Å². The molecule has 5 rings (SSSR count). The summed E-state index contributed by atoms with van der Waals surface area (Å²) in [5.74, 6) is -2.18. The number of benzene rings is 2. The quantitative estimate of drug-likeness (QED) is 0.783. The van der Waals surface area contributed by atoms with Crippen LogP contribution in [-0.4, -0.2) is 27.9 Å². The Morgan fingerprint density at radius 1 is 1.00 bits per heavy atom. The van der Waals surface area contributed by atoms with E-state index in [1.807, 2.05) is 42.5 Å². The van der Waals surface area contributed by atoms with Gasteiger partial charge in [-0.25, -0.2) is 0 Å². The highest BCUT2D eigenvalue weighted by atomic mass is 16.5. The average Bonchev–Trinajstić information content (AvgIpc) is 2.92. The number of aliphatic hydroxyl groups excluding tert-OH is 2. The number of carbonyl (C=O) groups excluding carboxylic acids is 2. The molecule has 0 amide bonds. The minimum absolute atomic E-state index is 0.0673. The summed E-state index contributed by atoms with van der Waals surface area (Å²) in [7, 11) is 0. The minimum atomic E-state index is -1.21. The van der Waals surface area contributed by atoms with Crippen LogP contribution in [0.1, 0.15) is 5.56 Å². The zero-order valence-electron chi connectivity index (χ0n) is 15.3. The van der Waals surface area contributed by atoms with Crippen LogP contribution in [0, 0.1) is 5.92 Å². The normalized spacial score (nSPS) is 23.3. The zero-order valence-corrected chi connectivity index (χ0v) is 15.3. The molecule has 0 saturated carbocycles. The van der Waals surface area contributed by atoms with Crippen molar-refractivity contribution < 1.29 is 24.5 Å². The smallest absolute Gasteiger partial charge is 0.213 e. The molecule has 2 aromatic rings. The number of carbonyl (C=O) groups is 2. The maximum atomic E-state index is 13.5. The summed E-state index contributed by atoms with van der Waals surface area (Å²) >= 11 is 0. The van der Waals surface area contributed by atoms with Crippen LogP contribution in [0.3, 0.4) is 0 Å². The molecule has 29 heavy (non-hydrogen) atoms. The predicted molar refractivity (Wildman–Crippen MR) is 105 cm³/mol. The molecule has 6 nitrogen and oxygen atoms in total. The van der Waals surface area contributed by atoms with E-state index in [4.69, 9.17) is 4.74 Å². The van der Waals surface area contributed by atoms with E-state index in [0.717, 1.165) is 5.56 Å². The van der Waals surface area contributed by atoms with Crippen molar-refractivity contribution in [2.45, 2.75) is 12.6 Å². The van der Waals surface area contributed by atoms with E-state index in [9.17, 15) is 19.8 Å². The maximum Gasteiger partial charge on any atom is 0.213 e. The van der Waals surface area contributed by atoms with Crippen molar-refractivity contribution in [1.29, 1.82) is 0 Å². The van der Waals surface area contributed by atoms with Crippen LogP contribution in [0.2, 0.25) is 0 Å². The Hall–Kier alpha value is -3.64. The molecule has 0 saturated heterocycles. The molecule has 2 N–H and O–H groups in total. The Morgan fingerprint density at radius 2 is 1.72 bits per heavy atom. The van der Waals surface area contributed by atoms with Gasteiger partial charge in [-0.15, -0.1) is 0 Å². The number of Topliss-reactive ketones (excluding diaryl/α,β-unsaturated/α-hetero) is 2. The van der Waals surface area contributed by atoms with Gasteiger partial charge in [0.15, 0.2) is 5.76 Å². The molecule has 0 spiro atoms. The number of para-hydroxylation sites is 2. The molecule has 0 bridgehead atoms. The number of allylic oxidation sites excluding steroid dienone is 3. The van der Waals surface area contributed by atoms with E-state index >= 15 is 0 Å². The standard InChI is InChI=1S/C23H17NO5/c25-15-10-11-16(26)19-18(15)21(27)20-23(22(19)28)29-17-9-5-4-6-13(17)12-24(20)14-7-2-1-3-8-14/h1-11,16,19,25-26H,12H2. The van der Waals surface area contributed by atoms with Gasteiger partial charge in [-0.05, 0) is 24.3 Å². The molecule has 6 heteroatoms. The van der Waals surface area contributed by atoms with Gasteiger partial charge < -0.3 is 19.8 Å². The number of anilines is 1. The summed E-state index contributed by atoms with van der Waals surface area (Å²) < 4.78 is 5.96. The molecular weight excluding hydrogens is 370 g/mol. The molecule has 0 radical (unpaired) electrons. The van der Waals surface area contributed by atoms with Gasteiger partial charge in [0, 0.05) is 11.3 Å². The van der Waals surface area contributed by atoms with Crippen LogP contribution in [-0.2, 0) is 16.1 Å². The average molecular weight is 387 g/mol. The van der Waals surface area contributed by atoms with Gasteiger partial charge >= 0.3 is 0 Å². The van der Waals surface area contributed by atoms with Crippen LogP contribution in [0.15, 0.2) is 89.5 Å². The van der Waals surface area contributed by atoms with Crippen molar-refractivity contribution in [2.24, 2.45) is 5.92 Å². The van der Waals surface area contributed by atoms with Crippen LogP contribution in [0.25, 0.3) is 0 Å². The first-order chi connectivity index (χ1) is 14.1. The molecule has 2 aromatic carbocycles. The molecule has 2 atom stereocenters. The second kappa shape index (κ2) is 6.46. The van der Waals surface area contributed by atoms with Crippen molar-refractivity contribution in [2.75, 3.05) is 4.90 Å². The van der Waals surface area contributed by atoms with Crippen LogP contribution in [0.5, 0.6) is 5.75 Å². The van der Waals surface area contributed by atoms with E-state index in [1.54, 1.807) is 17.0 Å². The van der Waals surface area contributed by atoms with Crippen molar-refractivity contribution in [3.63, 3.8) is 0 Å². The summed E-state index contributed by atoms with van der Waals surface area (Å²) in [5.41, 5.74) is 1.50. The highest BCUT2D eigenvalue weighted by Gasteiger charge is 2.49. The van der Waals surface area contributed by atoms with E-state index in [2.05, 4.69) is 0 Å². The molecule has 0 fully saturated rings. The Kier molecular flexibility index (Phi) is 3.89. The fourth-order valence-corrected chi connectivity index (χ4v) is 4.02. The second-order valence-electron chi connectivity index (χ2n) is 7.13. The second-order valence-corrected chi connectivity index (χ2v) is 7.13. The lowest BCUT2D eigenvalue weighted by Gasteiger charge is -2.34. The van der Waals surface area contributed by atoms with Crippen molar-refractivity contribution in [1.82, 2.24) is 0 Å². The molecule has 1 aliphatic heterocycles. The van der Waals surface area contributed by atoms with Gasteiger partial charge in [0.1, 0.15) is 17.2 Å². The first-order valence-electron chi connectivity index (χ1n) is 9.27.